The first-order valence-electron chi connectivity index (χ1n) is 7.21. The molecule has 1 saturated heterocycles. The van der Waals surface area contributed by atoms with E-state index in [9.17, 15) is 4.79 Å². The number of nitrogens with one attached hydrogen (secondary N) is 1. The first kappa shape index (κ1) is 14.8. The number of anilines is 1. The third-order valence-corrected chi connectivity index (χ3v) is 5.25. The van der Waals surface area contributed by atoms with Gasteiger partial charge in [0.15, 0.2) is 0 Å². The van der Waals surface area contributed by atoms with Crippen LogP contribution in [0.1, 0.15) is 26.7 Å². The zero-order valence-corrected chi connectivity index (χ0v) is 13.0. The number of amides is 1. The van der Waals surface area contributed by atoms with Gasteiger partial charge in [-0.15, -0.1) is 0 Å². The Morgan fingerprint density at radius 2 is 2.33 bits per heavy atom. The minimum atomic E-state index is -0.923. The Kier molecular flexibility index (Phi) is 3.47. The van der Waals surface area contributed by atoms with Crippen molar-refractivity contribution in [1.82, 2.24) is 4.98 Å². The quantitative estimate of drug-likeness (QED) is 0.821. The van der Waals surface area contributed by atoms with E-state index in [1.54, 1.807) is 18.3 Å². The fourth-order valence-corrected chi connectivity index (χ4v) is 3.93. The number of carbonyl (C=O) groups excluding carboxylic acids is 1. The van der Waals surface area contributed by atoms with E-state index >= 15 is 0 Å². The fraction of sp³-hybridized carbons (Fsp3) is 0.600. The van der Waals surface area contributed by atoms with Gasteiger partial charge in [0.2, 0.25) is 5.91 Å². The average molecular weight is 310 g/mol. The van der Waals surface area contributed by atoms with Gasteiger partial charge in [0.05, 0.1) is 6.10 Å². The van der Waals surface area contributed by atoms with Crippen molar-refractivity contribution in [2.75, 3.05) is 11.9 Å². The predicted octanol–water partition coefficient (Wildman–Crippen LogP) is 2.21. The Bertz CT molecular complexity index is 578. The van der Waals surface area contributed by atoms with Crippen LogP contribution in [-0.4, -0.2) is 29.1 Å². The van der Waals surface area contributed by atoms with E-state index in [-0.39, 0.29) is 23.3 Å². The summed E-state index contributed by atoms with van der Waals surface area (Å²) in [5, 5.41) is 3.21. The number of ether oxygens (including phenoxy) is 1. The Balaban J connectivity index is 1.83. The highest BCUT2D eigenvalue weighted by Crippen LogP contribution is 2.57. The lowest BCUT2D eigenvalue weighted by molar-refractivity contribution is -0.222. The maximum Gasteiger partial charge on any atom is 0.245 e. The van der Waals surface area contributed by atoms with E-state index in [4.69, 9.17) is 22.1 Å². The van der Waals surface area contributed by atoms with Gasteiger partial charge >= 0.3 is 0 Å². The number of hydrogen-bond donors (Lipinski definition) is 2. The molecule has 2 aliphatic rings. The maximum atomic E-state index is 12.7. The molecule has 3 unspecified atom stereocenters. The van der Waals surface area contributed by atoms with Crippen LogP contribution >= 0.6 is 11.6 Å². The number of aromatic nitrogens is 1. The Morgan fingerprint density at radius 1 is 1.57 bits per heavy atom. The van der Waals surface area contributed by atoms with Crippen molar-refractivity contribution < 1.29 is 9.53 Å². The topological polar surface area (TPSA) is 77.2 Å². The normalized spacial score (nSPS) is 33.7. The van der Waals surface area contributed by atoms with E-state index in [0.29, 0.717) is 10.8 Å². The molecule has 21 heavy (non-hydrogen) atoms. The van der Waals surface area contributed by atoms with Crippen LogP contribution in [0, 0.1) is 11.3 Å². The molecular weight excluding hydrogens is 290 g/mol. The lowest BCUT2D eigenvalue weighted by atomic mass is 9.46. The van der Waals surface area contributed by atoms with Crippen LogP contribution in [0.2, 0.25) is 5.15 Å². The van der Waals surface area contributed by atoms with Gasteiger partial charge in [-0.05, 0) is 25.0 Å². The first-order chi connectivity index (χ1) is 9.87. The molecule has 3 N–H and O–H groups in total. The molecule has 1 saturated carbocycles. The van der Waals surface area contributed by atoms with Gasteiger partial charge in [0, 0.05) is 29.8 Å². The first-order valence-corrected chi connectivity index (χ1v) is 7.58. The molecule has 3 rings (SSSR count). The van der Waals surface area contributed by atoms with Crippen molar-refractivity contribution in [2.24, 2.45) is 17.1 Å². The summed E-state index contributed by atoms with van der Waals surface area (Å²) in [6.45, 7) is 4.75. The number of nitrogens with two attached hydrogens (primary N) is 1. The number of carbonyl (C=O) groups is 1. The van der Waals surface area contributed by atoms with Crippen LogP contribution in [-0.2, 0) is 9.53 Å². The summed E-state index contributed by atoms with van der Waals surface area (Å²) < 4.78 is 5.82. The number of pyridine rings is 1. The van der Waals surface area contributed by atoms with E-state index in [2.05, 4.69) is 10.3 Å². The monoisotopic (exact) mass is 309 g/mol. The highest BCUT2D eigenvalue weighted by molar-refractivity contribution is 6.29. The molecule has 0 spiro atoms. The van der Waals surface area contributed by atoms with Crippen LogP contribution in [0.4, 0.5) is 5.69 Å². The third kappa shape index (κ3) is 2.06. The minimum Gasteiger partial charge on any atom is -0.377 e. The highest BCUT2D eigenvalue weighted by Gasteiger charge is 2.70. The van der Waals surface area contributed by atoms with Crippen molar-refractivity contribution in [3.63, 3.8) is 0 Å². The summed E-state index contributed by atoms with van der Waals surface area (Å²) in [4.78, 5) is 16.6. The maximum absolute atomic E-state index is 12.7. The van der Waals surface area contributed by atoms with Gasteiger partial charge in [0.25, 0.3) is 0 Å². The molecule has 0 radical (unpaired) electrons. The molecule has 2 heterocycles. The standard InChI is InChI=1S/C15H20ClN3O2/c1-14(2)12-10(4-3-7-21-12)15(14,17)13(20)19-9-5-6-18-11(16)8-9/h5-6,8,10,12H,3-4,7,17H2,1-2H3,(H,18,19,20). The highest BCUT2D eigenvalue weighted by atomic mass is 35.5. The number of halogens is 1. The van der Waals surface area contributed by atoms with Gasteiger partial charge in [-0.1, -0.05) is 25.4 Å². The van der Waals surface area contributed by atoms with Crippen LogP contribution in [0.3, 0.4) is 0 Å². The van der Waals surface area contributed by atoms with Crippen molar-refractivity contribution in [3.05, 3.63) is 23.5 Å². The molecule has 0 bridgehead atoms. The van der Waals surface area contributed by atoms with Gasteiger partial charge in [-0.2, -0.15) is 0 Å². The second-order valence-electron chi connectivity index (χ2n) is 6.45. The molecule has 1 aliphatic heterocycles. The van der Waals surface area contributed by atoms with Crippen LogP contribution in [0.15, 0.2) is 18.3 Å². The van der Waals surface area contributed by atoms with Crippen LogP contribution < -0.4 is 11.1 Å². The van der Waals surface area contributed by atoms with Gasteiger partial charge in [0.1, 0.15) is 10.7 Å². The molecule has 5 nitrogen and oxygen atoms in total. The fourth-order valence-electron chi connectivity index (χ4n) is 3.75. The van der Waals surface area contributed by atoms with Gasteiger partial charge in [-0.3, -0.25) is 4.79 Å². The zero-order valence-electron chi connectivity index (χ0n) is 12.2. The van der Waals surface area contributed by atoms with E-state index in [1.165, 1.54) is 0 Å². The lowest BCUT2D eigenvalue weighted by Crippen LogP contribution is -2.81. The van der Waals surface area contributed by atoms with E-state index in [1.807, 2.05) is 13.8 Å². The lowest BCUT2D eigenvalue weighted by Gasteiger charge is -2.65. The third-order valence-electron chi connectivity index (χ3n) is 5.04. The molecule has 6 heteroatoms. The summed E-state index contributed by atoms with van der Waals surface area (Å²) >= 11 is 5.84. The van der Waals surface area contributed by atoms with Gasteiger partial charge in [-0.25, -0.2) is 4.98 Å². The summed E-state index contributed by atoms with van der Waals surface area (Å²) in [7, 11) is 0. The Labute approximate surface area is 129 Å². The Morgan fingerprint density at radius 3 is 3.05 bits per heavy atom. The van der Waals surface area contributed by atoms with Crippen molar-refractivity contribution in [2.45, 2.75) is 38.3 Å². The SMILES string of the molecule is CC1(C)C2OCCCC2C1(N)C(=O)Nc1ccnc(Cl)c1. The summed E-state index contributed by atoms with van der Waals surface area (Å²) in [6, 6.07) is 3.32. The number of rotatable bonds is 2. The number of fused-ring (bicyclic) bond motifs is 1. The molecule has 1 aromatic rings. The van der Waals surface area contributed by atoms with Gasteiger partial charge < -0.3 is 15.8 Å². The van der Waals surface area contributed by atoms with Crippen molar-refractivity contribution in [3.8, 4) is 0 Å². The van der Waals surface area contributed by atoms with Crippen molar-refractivity contribution in [1.29, 1.82) is 0 Å². The largest absolute Gasteiger partial charge is 0.377 e. The van der Waals surface area contributed by atoms with E-state index < -0.39 is 5.54 Å². The predicted molar refractivity (Wildman–Crippen MR) is 81.0 cm³/mol. The summed E-state index contributed by atoms with van der Waals surface area (Å²) in [6.07, 6.45) is 3.49. The molecule has 1 aliphatic carbocycles. The molecule has 0 aromatic carbocycles. The average Bonchev–Trinajstić information content (AvgIpc) is 2.46. The molecule has 3 atom stereocenters. The Hall–Kier alpha value is -1.17. The number of hydrogen-bond acceptors (Lipinski definition) is 4. The van der Waals surface area contributed by atoms with E-state index in [0.717, 1.165) is 19.4 Å². The second-order valence-corrected chi connectivity index (χ2v) is 6.84. The molecule has 1 aromatic heterocycles. The summed E-state index contributed by atoms with van der Waals surface area (Å²) in [5.74, 6) is -0.111. The molecule has 114 valence electrons. The molecular formula is C15H20ClN3O2. The number of nitrogens with zero attached hydrogens (tertiary/aromatic N) is 1. The zero-order chi connectivity index (χ0) is 15.3. The second kappa shape index (κ2) is 4.93. The van der Waals surface area contributed by atoms with Crippen molar-refractivity contribution >= 4 is 23.2 Å². The smallest absolute Gasteiger partial charge is 0.245 e. The van der Waals surface area contributed by atoms with Crippen LogP contribution in [0.5, 0.6) is 0 Å². The van der Waals surface area contributed by atoms with Crippen LogP contribution in [0.25, 0.3) is 0 Å². The summed E-state index contributed by atoms with van der Waals surface area (Å²) in [5.41, 5.74) is 5.82. The minimum absolute atomic E-state index is 0.0584. The molecule has 2 fully saturated rings. The molecule has 1 amide bonds.